The molecule has 1 aliphatic heterocycles. The van der Waals surface area contributed by atoms with Gasteiger partial charge in [0.2, 0.25) is 0 Å². The molecule has 0 bridgehead atoms. The fourth-order valence-electron chi connectivity index (χ4n) is 3.08. The molecule has 0 aromatic carbocycles. The highest BCUT2D eigenvalue weighted by Gasteiger charge is 2.30. The molecule has 2 rings (SSSR count). The van der Waals surface area contributed by atoms with Gasteiger partial charge in [0.25, 0.3) is 0 Å². The van der Waals surface area contributed by atoms with Gasteiger partial charge in [-0.1, -0.05) is 20.3 Å². The van der Waals surface area contributed by atoms with E-state index in [0.29, 0.717) is 12.1 Å². The van der Waals surface area contributed by atoms with Crippen molar-refractivity contribution in [1.29, 1.82) is 0 Å². The maximum Gasteiger partial charge on any atom is 0.0728 e. The zero-order chi connectivity index (χ0) is 10.7. The van der Waals surface area contributed by atoms with Crippen LogP contribution in [0.5, 0.6) is 0 Å². The van der Waals surface area contributed by atoms with Gasteiger partial charge in [-0.3, -0.25) is 0 Å². The van der Waals surface area contributed by atoms with Crippen molar-refractivity contribution in [2.45, 2.75) is 70.6 Å². The molecular formula is C13H25NO. The average Bonchev–Trinajstić information content (AvgIpc) is 2.86. The molecule has 88 valence electrons. The molecular weight excluding hydrogens is 186 g/mol. The van der Waals surface area contributed by atoms with Gasteiger partial charge >= 0.3 is 0 Å². The minimum atomic E-state index is 0.489. The summed E-state index contributed by atoms with van der Waals surface area (Å²) in [7, 11) is 0. The maximum atomic E-state index is 5.79. The summed E-state index contributed by atoms with van der Waals surface area (Å²) >= 11 is 0. The van der Waals surface area contributed by atoms with Gasteiger partial charge in [-0.25, -0.2) is 0 Å². The lowest BCUT2D eigenvalue weighted by molar-refractivity contribution is 0.0710. The van der Waals surface area contributed by atoms with Gasteiger partial charge in [-0.15, -0.1) is 0 Å². The van der Waals surface area contributed by atoms with E-state index in [1.165, 1.54) is 38.5 Å². The van der Waals surface area contributed by atoms with Crippen molar-refractivity contribution in [2.75, 3.05) is 6.61 Å². The van der Waals surface area contributed by atoms with Crippen molar-refractivity contribution in [3.05, 3.63) is 0 Å². The van der Waals surface area contributed by atoms with Gasteiger partial charge in [-0.2, -0.15) is 0 Å². The van der Waals surface area contributed by atoms with Crippen molar-refractivity contribution < 1.29 is 4.74 Å². The van der Waals surface area contributed by atoms with Crippen molar-refractivity contribution in [3.8, 4) is 0 Å². The first-order valence-electron chi connectivity index (χ1n) is 6.69. The standard InChI is InChI=1S/C13H25NO/c1-3-11(13-8-5-9-15-13)14-12-7-4-6-10(12)2/h10-14H,3-9H2,1-2H3. The Bertz CT molecular complexity index is 189. The smallest absolute Gasteiger partial charge is 0.0728 e. The third kappa shape index (κ3) is 2.73. The Balaban J connectivity index is 1.84. The van der Waals surface area contributed by atoms with Gasteiger partial charge in [0, 0.05) is 18.7 Å². The summed E-state index contributed by atoms with van der Waals surface area (Å²) in [5.74, 6) is 0.862. The van der Waals surface area contributed by atoms with Gasteiger partial charge in [0.1, 0.15) is 0 Å². The largest absolute Gasteiger partial charge is 0.377 e. The average molecular weight is 211 g/mol. The third-order valence-corrected chi connectivity index (χ3v) is 4.14. The molecule has 1 saturated heterocycles. The van der Waals surface area contributed by atoms with Crippen molar-refractivity contribution in [3.63, 3.8) is 0 Å². The van der Waals surface area contributed by atoms with Crippen LogP contribution in [-0.4, -0.2) is 24.8 Å². The molecule has 0 aromatic heterocycles. The number of ether oxygens (including phenoxy) is 1. The van der Waals surface area contributed by atoms with Crippen LogP contribution in [0.4, 0.5) is 0 Å². The molecule has 0 spiro atoms. The quantitative estimate of drug-likeness (QED) is 0.772. The Kier molecular flexibility index (Phi) is 4.04. The maximum absolute atomic E-state index is 5.79. The molecule has 2 heteroatoms. The Hall–Kier alpha value is -0.0800. The van der Waals surface area contributed by atoms with E-state index in [0.717, 1.165) is 18.6 Å². The van der Waals surface area contributed by atoms with E-state index in [2.05, 4.69) is 19.2 Å². The molecule has 0 radical (unpaired) electrons. The molecule has 1 aliphatic carbocycles. The number of hydrogen-bond donors (Lipinski definition) is 1. The van der Waals surface area contributed by atoms with Crippen molar-refractivity contribution >= 4 is 0 Å². The van der Waals surface area contributed by atoms with Gasteiger partial charge in [0.15, 0.2) is 0 Å². The fourth-order valence-corrected chi connectivity index (χ4v) is 3.08. The van der Waals surface area contributed by atoms with Crippen molar-refractivity contribution in [2.24, 2.45) is 5.92 Å². The number of rotatable bonds is 4. The monoisotopic (exact) mass is 211 g/mol. The molecule has 2 fully saturated rings. The third-order valence-electron chi connectivity index (χ3n) is 4.14. The van der Waals surface area contributed by atoms with E-state index in [-0.39, 0.29) is 0 Å². The first kappa shape index (κ1) is 11.4. The second kappa shape index (κ2) is 5.31. The second-order valence-corrected chi connectivity index (χ2v) is 5.25. The molecule has 1 saturated carbocycles. The highest BCUT2D eigenvalue weighted by atomic mass is 16.5. The summed E-state index contributed by atoms with van der Waals surface area (Å²) in [6.07, 6.45) is 8.37. The highest BCUT2D eigenvalue weighted by molar-refractivity contribution is 4.87. The normalized spacial score (nSPS) is 38.4. The zero-order valence-corrected chi connectivity index (χ0v) is 10.2. The first-order valence-corrected chi connectivity index (χ1v) is 6.69. The van der Waals surface area contributed by atoms with E-state index in [1.807, 2.05) is 0 Å². The van der Waals surface area contributed by atoms with Crippen LogP contribution in [0.25, 0.3) is 0 Å². The summed E-state index contributed by atoms with van der Waals surface area (Å²) < 4.78 is 5.79. The predicted molar refractivity (Wildman–Crippen MR) is 63.0 cm³/mol. The van der Waals surface area contributed by atoms with Crippen LogP contribution in [0.3, 0.4) is 0 Å². The van der Waals surface area contributed by atoms with Crippen LogP contribution in [0.2, 0.25) is 0 Å². The summed E-state index contributed by atoms with van der Waals surface area (Å²) in [6.45, 7) is 5.63. The van der Waals surface area contributed by atoms with Crippen LogP contribution in [-0.2, 0) is 4.74 Å². The fraction of sp³-hybridized carbons (Fsp3) is 1.00. The van der Waals surface area contributed by atoms with Crippen LogP contribution in [0.1, 0.15) is 52.4 Å². The SMILES string of the molecule is CCC(NC1CCCC1C)C1CCCO1. The van der Waals surface area contributed by atoms with Gasteiger partial charge in [0.05, 0.1) is 6.10 Å². The minimum absolute atomic E-state index is 0.489. The number of nitrogens with one attached hydrogen (secondary N) is 1. The van der Waals surface area contributed by atoms with Crippen LogP contribution in [0, 0.1) is 5.92 Å². The van der Waals surface area contributed by atoms with E-state index in [4.69, 9.17) is 4.74 Å². The Labute approximate surface area is 93.8 Å². The number of hydrogen-bond acceptors (Lipinski definition) is 2. The summed E-state index contributed by atoms with van der Waals surface area (Å²) in [4.78, 5) is 0. The molecule has 1 heterocycles. The molecule has 0 amide bonds. The van der Waals surface area contributed by atoms with Crippen LogP contribution in [0.15, 0.2) is 0 Å². The Morgan fingerprint density at radius 3 is 2.67 bits per heavy atom. The van der Waals surface area contributed by atoms with Gasteiger partial charge in [-0.05, 0) is 38.0 Å². The van der Waals surface area contributed by atoms with E-state index in [9.17, 15) is 0 Å². The lowest BCUT2D eigenvalue weighted by Crippen LogP contribution is -2.45. The molecule has 0 aromatic rings. The molecule has 15 heavy (non-hydrogen) atoms. The molecule has 2 nitrogen and oxygen atoms in total. The lowest BCUT2D eigenvalue weighted by Gasteiger charge is -2.28. The summed E-state index contributed by atoms with van der Waals surface area (Å²) in [5.41, 5.74) is 0. The van der Waals surface area contributed by atoms with Gasteiger partial charge < -0.3 is 10.1 Å². The van der Waals surface area contributed by atoms with Crippen molar-refractivity contribution in [1.82, 2.24) is 5.32 Å². The lowest BCUT2D eigenvalue weighted by atomic mass is 10.0. The van der Waals surface area contributed by atoms with E-state index < -0.39 is 0 Å². The zero-order valence-electron chi connectivity index (χ0n) is 10.2. The first-order chi connectivity index (χ1) is 7.31. The predicted octanol–water partition coefficient (Wildman–Crippen LogP) is 2.72. The van der Waals surface area contributed by atoms with Crippen LogP contribution < -0.4 is 5.32 Å². The molecule has 4 unspecified atom stereocenters. The Morgan fingerprint density at radius 2 is 2.13 bits per heavy atom. The molecule has 1 N–H and O–H groups in total. The Morgan fingerprint density at radius 1 is 1.27 bits per heavy atom. The van der Waals surface area contributed by atoms with Crippen LogP contribution >= 0.6 is 0 Å². The minimum Gasteiger partial charge on any atom is -0.377 e. The second-order valence-electron chi connectivity index (χ2n) is 5.25. The van der Waals surface area contributed by atoms with E-state index >= 15 is 0 Å². The van der Waals surface area contributed by atoms with E-state index in [1.54, 1.807) is 0 Å². The topological polar surface area (TPSA) is 21.3 Å². The molecule has 2 aliphatic rings. The summed E-state index contributed by atoms with van der Waals surface area (Å²) in [6, 6.07) is 1.34. The highest BCUT2D eigenvalue weighted by Crippen LogP contribution is 2.27. The summed E-state index contributed by atoms with van der Waals surface area (Å²) in [5, 5.41) is 3.83. The molecule has 4 atom stereocenters.